The van der Waals surface area contributed by atoms with Gasteiger partial charge >= 0.3 is 0 Å². The van der Waals surface area contributed by atoms with Gasteiger partial charge in [0.05, 0.1) is 5.69 Å². The van der Waals surface area contributed by atoms with Crippen LogP contribution >= 0.6 is 11.6 Å². The van der Waals surface area contributed by atoms with E-state index >= 15 is 0 Å². The van der Waals surface area contributed by atoms with Gasteiger partial charge < -0.3 is 10.7 Å². The predicted molar refractivity (Wildman–Crippen MR) is 78.5 cm³/mol. The monoisotopic (exact) mass is 275 g/mol. The summed E-state index contributed by atoms with van der Waals surface area (Å²) < 4.78 is 0. The molecule has 19 heavy (non-hydrogen) atoms. The van der Waals surface area contributed by atoms with E-state index < -0.39 is 0 Å². The zero-order valence-corrected chi connectivity index (χ0v) is 12.1. The molecule has 3 nitrogen and oxygen atoms in total. The normalized spacial score (nSPS) is 24.4. The van der Waals surface area contributed by atoms with E-state index in [1.54, 1.807) is 0 Å². The number of nitrogens with one attached hydrogen (secondary N) is 1. The molecule has 1 aliphatic rings. The first kappa shape index (κ1) is 12.5. The molecule has 1 saturated carbocycles. The molecular weight excluding hydrogens is 258 g/mol. The Labute approximate surface area is 118 Å². The number of rotatable bonds is 2. The number of aromatic nitrogens is 2. The second-order valence-electron chi connectivity index (χ2n) is 5.96. The molecule has 0 spiro atoms. The first-order chi connectivity index (χ1) is 8.91. The molecule has 100 valence electrons. The summed E-state index contributed by atoms with van der Waals surface area (Å²) in [6.07, 6.45) is 0. The summed E-state index contributed by atoms with van der Waals surface area (Å²) in [5, 5.41) is 0.789. The number of anilines is 1. The average Bonchev–Trinajstić information content (AvgIpc) is 2.72. The maximum atomic E-state index is 6.10. The summed E-state index contributed by atoms with van der Waals surface area (Å²) in [6, 6.07) is 8.12. The quantitative estimate of drug-likeness (QED) is 0.874. The minimum Gasteiger partial charge on any atom is -0.369 e. The van der Waals surface area contributed by atoms with Crippen LogP contribution in [0.15, 0.2) is 24.3 Å². The lowest BCUT2D eigenvalue weighted by Gasteiger charge is -2.02. The predicted octanol–water partition coefficient (Wildman–Crippen LogP) is 3.86. The number of halogens is 1. The molecule has 0 aliphatic heterocycles. The Morgan fingerprint density at radius 2 is 2.05 bits per heavy atom. The second-order valence-corrected chi connectivity index (χ2v) is 6.40. The Balaban J connectivity index is 1.99. The first-order valence-corrected chi connectivity index (χ1v) is 6.86. The Bertz CT molecular complexity index is 630. The van der Waals surface area contributed by atoms with Gasteiger partial charge in [0.15, 0.2) is 5.95 Å². The third-order valence-corrected chi connectivity index (χ3v) is 4.51. The highest BCUT2D eigenvalue weighted by atomic mass is 35.5. The van der Waals surface area contributed by atoms with E-state index in [0.717, 1.165) is 16.4 Å². The van der Waals surface area contributed by atoms with E-state index in [0.29, 0.717) is 17.8 Å². The van der Waals surface area contributed by atoms with Crippen LogP contribution in [0.2, 0.25) is 5.02 Å². The van der Waals surface area contributed by atoms with Crippen molar-refractivity contribution in [3.8, 4) is 0 Å². The van der Waals surface area contributed by atoms with E-state index in [2.05, 4.69) is 35.9 Å². The van der Waals surface area contributed by atoms with Crippen LogP contribution in [0.5, 0.6) is 0 Å². The van der Waals surface area contributed by atoms with Crippen molar-refractivity contribution in [1.29, 1.82) is 0 Å². The largest absolute Gasteiger partial charge is 0.369 e. The number of imidazole rings is 1. The number of hydrogen-bond acceptors (Lipinski definition) is 2. The van der Waals surface area contributed by atoms with Gasteiger partial charge in [0, 0.05) is 16.6 Å². The molecule has 3 N–H and O–H groups in total. The number of hydrogen-bond donors (Lipinski definition) is 2. The summed E-state index contributed by atoms with van der Waals surface area (Å²) in [5.41, 5.74) is 9.39. The van der Waals surface area contributed by atoms with Crippen LogP contribution in [-0.4, -0.2) is 9.97 Å². The topological polar surface area (TPSA) is 54.7 Å². The van der Waals surface area contributed by atoms with Crippen molar-refractivity contribution in [2.45, 2.75) is 32.6 Å². The number of benzene rings is 1. The first-order valence-electron chi connectivity index (χ1n) is 6.48. The van der Waals surface area contributed by atoms with Gasteiger partial charge in [0.25, 0.3) is 0 Å². The van der Waals surface area contributed by atoms with Crippen molar-refractivity contribution < 1.29 is 0 Å². The SMILES string of the molecule is Cc1[nH]c(N)nc1[C@@H]1[C@@H](c2cccc(Cl)c2)C1(C)C. The Kier molecular flexibility index (Phi) is 2.65. The molecule has 2 aromatic rings. The minimum absolute atomic E-state index is 0.192. The Morgan fingerprint density at radius 1 is 1.32 bits per heavy atom. The third kappa shape index (κ3) is 1.93. The summed E-state index contributed by atoms with van der Waals surface area (Å²) in [7, 11) is 0. The lowest BCUT2D eigenvalue weighted by atomic mass is 10.0. The molecule has 4 heteroatoms. The van der Waals surface area contributed by atoms with Crippen LogP contribution in [0.3, 0.4) is 0 Å². The highest BCUT2D eigenvalue weighted by Gasteiger charge is 2.60. The van der Waals surface area contributed by atoms with Crippen molar-refractivity contribution >= 4 is 17.5 Å². The number of nitrogens with zero attached hydrogens (tertiary/aromatic N) is 1. The number of nitrogen functional groups attached to an aromatic ring is 1. The van der Waals surface area contributed by atoms with Gasteiger partial charge in [-0.05, 0) is 36.0 Å². The van der Waals surface area contributed by atoms with Gasteiger partial charge in [-0.2, -0.15) is 0 Å². The Hall–Kier alpha value is -1.48. The van der Waals surface area contributed by atoms with Gasteiger partial charge in [0.1, 0.15) is 0 Å². The summed E-state index contributed by atoms with van der Waals surface area (Å²) >= 11 is 6.10. The third-order valence-electron chi connectivity index (χ3n) is 4.27. The molecule has 3 rings (SSSR count). The van der Waals surface area contributed by atoms with E-state index in [1.165, 1.54) is 5.56 Å². The molecule has 1 aliphatic carbocycles. The van der Waals surface area contributed by atoms with Crippen molar-refractivity contribution in [2.75, 3.05) is 5.73 Å². The Morgan fingerprint density at radius 3 is 2.63 bits per heavy atom. The molecule has 0 radical (unpaired) electrons. The maximum Gasteiger partial charge on any atom is 0.197 e. The maximum absolute atomic E-state index is 6.10. The van der Waals surface area contributed by atoms with E-state index in [9.17, 15) is 0 Å². The molecule has 1 heterocycles. The molecule has 0 saturated heterocycles. The van der Waals surface area contributed by atoms with Gasteiger partial charge in [-0.3, -0.25) is 0 Å². The fourth-order valence-electron chi connectivity index (χ4n) is 3.27. The van der Waals surface area contributed by atoms with Crippen molar-refractivity contribution in [1.82, 2.24) is 9.97 Å². The van der Waals surface area contributed by atoms with Gasteiger partial charge in [-0.1, -0.05) is 37.6 Å². The summed E-state index contributed by atoms with van der Waals surface area (Å²) in [6.45, 7) is 6.57. The summed E-state index contributed by atoms with van der Waals surface area (Å²) in [4.78, 5) is 7.55. The minimum atomic E-state index is 0.192. The summed E-state index contributed by atoms with van der Waals surface area (Å²) in [5.74, 6) is 1.35. The highest BCUT2D eigenvalue weighted by molar-refractivity contribution is 6.30. The van der Waals surface area contributed by atoms with Gasteiger partial charge in [-0.25, -0.2) is 4.98 Å². The van der Waals surface area contributed by atoms with Crippen molar-refractivity contribution in [3.63, 3.8) is 0 Å². The van der Waals surface area contributed by atoms with Crippen LogP contribution in [0.25, 0.3) is 0 Å². The zero-order valence-electron chi connectivity index (χ0n) is 11.4. The number of aromatic amines is 1. The molecule has 0 amide bonds. The average molecular weight is 276 g/mol. The molecule has 1 aromatic carbocycles. The second kappa shape index (κ2) is 4.01. The lowest BCUT2D eigenvalue weighted by molar-refractivity contribution is 0.597. The van der Waals surface area contributed by atoms with Gasteiger partial charge in [0.2, 0.25) is 0 Å². The van der Waals surface area contributed by atoms with Crippen molar-refractivity contribution in [3.05, 3.63) is 46.2 Å². The smallest absolute Gasteiger partial charge is 0.197 e. The fraction of sp³-hybridized carbons (Fsp3) is 0.400. The fourth-order valence-corrected chi connectivity index (χ4v) is 3.47. The number of H-pyrrole nitrogens is 1. The molecule has 0 unspecified atom stereocenters. The molecule has 1 fully saturated rings. The molecule has 0 bridgehead atoms. The van der Waals surface area contributed by atoms with Crippen LogP contribution < -0.4 is 5.73 Å². The zero-order chi connectivity index (χ0) is 13.8. The molecule has 1 aromatic heterocycles. The van der Waals surface area contributed by atoms with E-state index in [4.69, 9.17) is 17.3 Å². The number of nitrogens with two attached hydrogens (primary N) is 1. The molecular formula is C15H18ClN3. The number of aryl methyl sites for hydroxylation is 1. The van der Waals surface area contributed by atoms with Gasteiger partial charge in [-0.15, -0.1) is 0 Å². The van der Waals surface area contributed by atoms with Crippen LogP contribution in [0.1, 0.15) is 42.6 Å². The van der Waals surface area contributed by atoms with E-state index in [-0.39, 0.29) is 5.41 Å². The van der Waals surface area contributed by atoms with Crippen molar-refractivity contribution in [2.24, 2.45) is 5.41 Å². The standard InChI is InChI=1S/C15H18ClN3/c1-8-13(19-14(17)18-8)12-11(15(12,2)3)9-5-4-6-10(16)7-9/h4-7,11-12H,1-3H3,(H3,17,18,19)/t11-,12+/m1/s1. The molecule has 2 atom stereocenters. The van der Waals surface area contributed by atoms with Crippen LogP contribution in [0, 0.1) is 12.3 Å². The highest BCUT2D eigenvalue weighted by Crippen LogP contribution is 2.70. The van der Waals surface area contributed by atoms with Crippen LogP contribution in [0.4, 0.5) is 5.95 Å². The lowest BCUT2D eigenvalue weighted by Crippen LogP contribution is -1.92. The van der Waals surface area contributed by atoms with Crippen LogP contribution in [-0.2, 0) is 0 Å². The van der Waals surface area contributed by atoms with E-state index in [1.807, 2.05) is 19.1 Å².